The monoisotopic (exact) mass is 474 g/mol. The van der Waals surface area contributed by atoms with Gasteiger partial charge in [0.1, 0.15) is 5.82 Å². The van der Waals surface area contributed by atoms with Crippen molar-refractivity contribution in [3.8, 4) is 5.69 Å². The van der Waals surface area contributed by atoms with Gasteiger partial charge in [-0.05, 0) is 61.5 Å². The number of halogens is 1. The van der Waals surface area contributed by atoms with Crippen LogP contribution in [0.3, 0.4) is 0 Å². The van der Waals surface area contributed by atoms with E-state index in [0.717, 1.165) is 18.8 Å². The number of ether oxygens (including phenoxy) is 1. The maximum Gasteiger partial charge on any atom is 0.265 e. The van der Waals surface area contributed by atoms with Crippen LogP contribution >= 0.6 is 11.6 Å². The highest BCUT2D eigenvalue weighted by Gasteiger charge is 2.18. The van der Waals surface area contributed by atoms with Crippen LogP contribution in [0.25, 0.3) is 16.6 Å². The lowest BCUT2D eigenvalue weighted by molar-refractivity contribution is 0.102. The van der Waals surface area contributed by atoms with Gasteiger partial charge in [-0.25, -0.2) is 4.98 Å². The fourth-order valence-electron chi connectivity index (χ4n) is 4.19. The number of carbonyl (C=O) groups excluding carboxylic acids is 1. The van der Waals surface area contributed by atoms with Crippen LogP contribution in [0, 0.1) is 6.92 Å². The summed E-state index contributed by atoms with van der Waals surface area (Å²) >= 11 is 6.21. The van der Waals surface area contributed by atoms with Gasteiger partial charge in [-0.2, -0.15) is 0 Å². The second kappa shape index (κ2) is 9.29. The SMILES string of the molecule is Cc1nc2ccccc2c(=O)n1-c1ccc(C(=O)Nc2cc(Cl)ccc2N2CCOCC2)cc1. The molecule has 0 radical (unpaired) electrons. The average molecular weight is 475 g/mol. The minimum absolute atomic E-state index is 0.144. The van der Waals surface area contributed by atoms with Crippen molar-refractivity contribution in [2.75, 3.05) is 36.5 Å². The number of fused-ring (bicyclic) bond motifs is 1. The van der Waals surface area contributed by atoms with Crippen molar-refractivity contribution in [2.45, 2.75) is 6.92 Å². The highest BCUT2D eigenvalue weighted by atomic mass is 35.5. The van der Waals surface area contributed by atoms with Gasteiger partial charge in [-0.15, -0.1) is 0 Å². The first-order valence-electron chi connectivity index (χ1n) is 11.0. The zero-order chi connectivity index (χ0) is 23.7. The second-order valence-electron chi connectivity index (χ2n) is 8.08. The molecule has 0 spiro atoms. The van der Waals surface area contributed by atoms with Gasteiger partial charge in [0.05, 0.1) is 41.2 Å². The van der Waals surface area contributed by atoms with Crippen LogP contribution in [0.1, 0.15) is 16.2 Å². The minimum Gasteiger partial charge on any atom is -0.378 e. The van der Waals surface area contributed by atoms with Gasteiger partial charge in [-0.1, -0.05) is 23.7 Å². The fraction of sp³-hybridized carbons (Fsp3) is 0.192. The molecule has 0 bridgehead atoms. The lowest BCUT2D eigenvalue weighted by Crippen LogP contribution is -2.36. The topological polar surface area (TPSA) is 76.5 Å². The third kappa shape index (κ3) is 4.27. The molecule has 1 saturated heterocycles. The third-order valence-electron chi connectivity index (χ3n) is 5.89. The van der Waals surface area contributed by atoms with Gasteiger partial charge < -0.3 is 15.0 Å². The summed E-state index contributed by atoms with van der Waals surface area (Å²) in [5.41, 5.74) is 3.19. The van der Waals surface area contributed by atoms with Crippen molar-refractivity contribution in [3.63, 3.8) is 0 Å². The smallest absolute Gasteiger partial charge is 0.265 e. The van der Waals surface area contributed by atoms with E-state index in [-0.39, 0.29) is 11.5 Å². The molecule has 1 amide bonds. The zero-order valence-corrected chi connectivity index (χ0v) is 19.4. The molecule has 2 heterocycles. The van der Waals surface area contributed by atoms with E-state index in [4.69, 9.17) is 16.3 Å². The molecule has 7 nitrogen and oxygen atoms in total. The standard InChI is InChI=1S/C26H23ClN4O3/c1-17-28-22-5-3-2-4-21(22)26(33)31(17)20-9-6-18(7-10-20)25(32)29-23-16-19(27)8-11-24(23)30-12-14-34-15-13-30/h2-11,16H,12-15H2,1H3,(H,29,32). The highest BCUT2D eigenvalue weighted by Crippen LogP contribution is 2.30. The summed E-state index contributed by atoms with van der Waals surface area (Å²) in [6.45, 7) is 4.56. The minimum atomic E-state index is -0.260. The number of benzene rings is 3. The first-order chi connectivity index (χ1) is 16.5. The number of rotatable bonds is 4. The molecular formula is C26H23ClN4O3. The summed E-state index contributed by atoms with van der Waals surface area (Å²) in [5, 5.41) is 4.07. The van der Waals surface area contributed by atoms with Gasteiger partial charge in [0, 0.05) is 23.7 Å². The van der Waals surface area contributed by atoms with Crippen LogP contribution in [0.4, 0.5) is 11.4 Å². The maximum absolute atomic E-state index is 13.0. The summed E-state index contributed by atoms with van der Waals surface area (Å²) < 4.78 is 6.99. The van der Waals surface area contributed by atoms with Crippen molar-refractivity contribution >= 4 is 39.8 Å². The molecule has 0 aliphatic carbocycles. The molecule has 1 fully saturated rings. The lowest BCUT2D eigenvalue weighted by atomic mass is 10.1. The zero-order valence-electron chi connectivity index (χ0n) is 18.6. The number of nitrogens with one attached hydrogen (secondary N) is 1. The van der Waals surface area contributed by atoms with Crippen LogP contribution < -0.4 is 15.8 Å². The molecule has 8 heteroatoms. The molecule has 0 unspecified atom stereocenters. The predicted molar refractivity (Wildman–Crippen MR) is 135 cm³/mol. The van der Waals surface area contributed by atoms with E-state index >= 15 is 0 Å². The number of nitrogens with zero attached hydrogens (tertiary/aromatic N) is 3. The Bertz CT molecular complexity index is 1430. The van der Waals surface area contributed by atoms with Crippen molar-refractivity contribution < 1.29 is 9.53 Å². The second-order valence-corrected chi connectivity index (χ2v) is 8.52. The van der Waals surface area contributed by atoms with Gasteiger partial charge in [-0.3, -0.25) is 14.2 Å². The van der Waals surface area contributed by atoms with E-state index in [9.17, 15) is 9.59 Å². The summed E-state index contributed by atoms with van der Waals surface area (Å²) in [7, 11) is 0. The van der Waals surface area contributed by atoms with Gasteiger partial charge in [0.2, 0.25) is 0 Å². The Morgan fingerprint density at radius 1 is 1.03 bits per heavy atom. The van der Waals surface area contributed by atoms with E-state index in [1.807, 2.05) is 30.3 Å². The number of carbonyl (C=O) groups is 1. The maximum atomic E-state index is 13.0. The van der Waals surface area contributed by atoms with Gasteiger partial charge >= 0.3 is 0 Å². The van der Waals surface area contributed by atoms with E-state index in [0.29, 0.717) is 51.9 Å². The largest absolute Gasteiger partial charge is 0.378 e. The number of hydrogen-bond acceptors (Lipinski definition) is 5. The van der Waals surface area contributed by atoms with Crippen LogP contribution in [0.15, 0.2) is 71.5 Å². The highest BCUT2D eigenvalue weighted by molar-refractivity contribution is 6.31. The van der Waals surface area contributed by atoms with E-state index in [2.05, 4.69) is 15.2 Å². The first-order valence-corrected chi connectivity index (χ1v) is 11.4. The molecular weight excluding hydrogens is 452 g/mol. The first kappa shape index (κ1) is 22.1. The number of amides is 1. The lowest BCUT2D eigenvalue weighted by Gasteiger charge is -2.30. The van der Waals surface area contributed by atoms with E-state index in [1.54, 1.807) is 47.9 Å². The van der Waals surface area contributed by atoms with Crippen LogP contribution in [-0.4, -0.2) is 41.8 Å². The predicted octanol–water partition coefficient (Wildman–Crippen LogP) is 4.44. The quantitative estimate of drug-likeness (QED) is 0.473. The summed E-state index contributed by atoms with van der Waals surface area (Å²) in [6.07, 6.45) is 0. The molecule has 3 aromatic carbocycles. The third-order valence-corrected chi connectivity index (χ3v) is 6.12. The average Bonchev–Trinajstić information content (AvgIpc) is 2.85. The Kier molecular flexibility index (Phi) is 6.04. The molecule has 5 rings (SSSR count). The molecule has 4 aromatic rings. The fourth-order valence-corrected chi connectivity index (χ4v) is 4.36. The van der Waals surface area contributed by atoms with Crippen molar-refractivity contribution in [1.29, 1.82) is 0 Å². The number of morpholine rings is 1. The number of hydrogen-bond donors (Lipinski definition) is 1. The van der Waals surface area contributed by atoms with Gasteiger partial charge in [0.25, 0.3) is 11.5 Å². The molecule has 1 aliphatic heterocycles. The van der Waals surface area contributed by atoms with E-state index < -0.39 is 0 Å². The normalized spacial score (nSPS) is 13.8. The summed E-state index contributed by atoms with van der Waals surface area (Å²) in [4.78, 5) is 32.8. The molecule has 0 atom stereocenters. The van der Waals surface area contributed by atoms with Crippen LogP contribution in [0.2, 0.25) is 5.02 Å². The Labute approximate surface area is 201 Å². The van der Waals surface area contributed by atoms with Crippen molar-refractivity contribution in [1.82, 2.24) is 9.55 Å². The van der Waals surface area contributed by atoms with Crippen molar-refractivity contribution in [3.05, 3.63) is 93.5 Å². The van der Waals surface area contributed by atoms with E-state index in [1.165, 1.54) is 0 Å². The van der Waals surface area contributed by atoms with Crippen LogP contribution in [0.5, 0.6) is 0 Å². The Hall–Kier alpha value is -3.68. The summed E-state index contributed by atoms with van der Waals surface area (Å²) in [5.74, 6) is 0.319. The number of para-hydroxylation sites is 1. The molecule has 1 aliphatic rings. The number of aromatic nitrogens is 2. The molecule has 172 valence electrons. The van der Waals surface area contributed by atoms with Gasteiger partial charge in [0.15, 0.2) is 0 Å². The summed E-state index contributed by atoms with van der Waals surface area (Å²) in [6, 6.07) is 19.6. The van der Waals surface area contributed by atoms with Crippen molar-refractivity contribution in [2.24, 2.45) is 0 Å². The molecule has 1 aromatic heterocycles. The Morgan fingerprint density at radius 3 is 2.53 bits per heavy atom. The molecule has 34 heavy (non-hydrogen) atoms. The number of aryl methyl sites for hydroxylation is 1. The Balaban J connectivity index is 1.42. The number of anilines is 2. The molecule has 1 N–H and O–H groups in total. The Morgan fingerprint density at radius 2 is 1.76 bits per heavy atom. The molecule has 0 saturated carbocycles. The van der Waals surface area contributed by atoms with Crippen LogP contribution in [-0.2, 0) is 4.74 Å².